The van der Waals surface area contributed by atoms with Crippen LogP contribution in [-0.2, 0) is 0 Å². The SMILES string of the molecule is Nc1ccc(I)cc1-c1nc2cccnc2n1C1CC1. The van der Waals surface area contributed by atoms with Crippen molar-refractivity contribution < 1.29 is 0 Å². The number of aromatic nitrogens is 3. The summed E-state index contributed by atoms with van der Waals surface area (Å²) in [5.74, 6) is 0.942. The van der Waals surface area contributed by atoms with Gasteiger partial charge < -0.3 is 10.3 Å². The van der Waals surface area contributed by atoms with Crippen LogP contribution in [-0.4, -0.2) is 14.5 Å². The first-order valence-corrected chi connectivity index (χ1v) is 7.70. The van der Waals surface area contributed by atoms with Gasteiger partial charge in [-0.05, 0) is 65.8 Å². The number of benzene rings is 1. The highest BCUT2D eigenvalue weighted by atomic mass is 127. The zero-order valence-electron chi connectivity index (χ0n) is 10.8. The van der Waals surface area contributed by atoms with Gasteiger partial charge in [-0.1, -0.05) is 0 Å². The summed E-state index contributed by atoms with van der Waals surface area (Å²) in [6, 6.07) is 10.5. The molecule has 0 bridgehead atoms. The van der Waals surface area contributed by atoms with E-state index < -0.39 is 0 Å². The molecule has 1 aliphatic rings. The molecule has 3 aromatic rings. The van der Waals surface area contributed by atoms with Gasteiger partial charge in [-0.25, -0.2) is 9.97 Å². The average molecular weight is 376 g/mol. The highest BCUT2D eigenvalue weighted by molar-refractivity contribution is 14.1. The molecule has 100 valence electrons. The van der Waals surface area contributed by atoms with Crippen LogP contribution in [0.4, 0.5) is 5.69 Å². The lowest BCUT2D eigenvalue weighted by molar-refractivity contribution is 0.767. The summed E-state index contributed by atoms with van der Waals surface area (Å²) in [5.41, 5.74) is 9.82. The van der Waals surface area contributed by atoms with Crippen LogP contribution in [0.15, 0.2) is 36.5 Å². The molecule has 0 amide bonds. The van der Waals surface area contributed by atoms with Crippen molar-refractivity contribution >= 4 is 39.4 Å². The van der Waals surface area contributed by atoms with Gasteiger partial charge >= 0.3 is 0 Å². The molecule has 0 unspecified atom stereocenters. The van der Waals surface area contributed by atoms with Gasteiger partial charge in [0.05, 0.1) is 0 Å². The lowest BCUT2D eigenvalue weighted by Crippen LogP contribution is -2.01. The summed E-state index contributed by atoms with van der Waals surface area (Å²) in [5, 5.41) is 0. The number of anilines is 1. The number of nitrogens with zero attached hydrogens (tertiary/aromatic N) is 3. The molecule has 1 saturated carbocycles. The van der Waals surface area contributed by atoms with Crippen molar-refractivity contribution in [1.82, 2.24) is 14.5 Å². The summed E-state index contributed by atoms with van der Waals surface area (Å²) in [6.07, 6.45) is 4.21. The monoisotopic (exact) mass is 376 g/mol. The van der Waals surface area contributed by atoms with E-state index in [1.54, 1.807) is 0 Å². The van der Waals surface area contributed by atoms with Gasteiger partial charge in [-0.2, -0.15) is 0 Å². The highest BCUT2D eigenvalue weighted by Crippen LogP contribution is 2.41. The Morgan fingerprint density at radius 3 is 2.90 bits per heavy atom. The summed E-state index contributed by atoms with van der Waals surface area (Å²) in [7, 11) is 0. The van der Waals surface area contributed by atoms with Crippen molar-refractivity contribution in [2.24, 2.45) is 0 Å². The molecule has 1 fully saturated rings. The Morgan fingerprint density at radius 1 is 1.25 bits per heavy atom. The van der Waals surface area contributed by atoms with Crippen molar-refractivity contribution in [3.8, 4) is 11.4 Å². The fourth-order valence-electron chi connectivity index (χ4n) is 2.52. The molecule has 1 aromatic carbocycles. The van der Waals surface area contributed by atoms with Gasteiger partial charge in [-0.15, -0.1) is 0 Å². The molecule has 0 saturated heterocycles. The largest absolute Gasteiger partial charge is 0.398 e. The van der Waals surface area contributed by atoms with Crippen molar-refractivity contribution in [2.75, 3.05) is 5.73 Å². The third kappa shape index (κ3) is 1.88. The van der Waals surface area contributed by atoms with E-state index in [4.69, 9.17) is 10.7 Å². The molecule has 4 nitrogen and oxygen atoms in total. The van der Waals surface area contributed by atoms with Crippen LogP contribution < -0.4 is 5.73 Å². The lowest BCUT2D eigenvalue weighted by atomic mass is 10.1. The summed E-state index contributed by atoms with van der Waals surface area (Å²) in [6.45, 7) is 0. The van der Waals surface area contributed by atoms with Crippen LogP contribution in [0.2, 0.25) is 0 Å². The standard InChI is InChI=1S/C15H13IN4/c16-9-3-6-12(17)11(8-9)14-19-13-2-1-7-18-15(13)20(14)10-4-5-10/h1-3,6-8,10H,4-5,17H2. The van der Waals surface area contributed by atoms with Gasteiger partial charge in [0.1, 0.15) is 11.3 Å². The Labute approximate surface area is 130 Å². The number of imidazole rings is 1. The topological polar surface area (TPSA) is 56.7 Å². The number of hydrogen-bond donors (Lipinski definition) is 1. The molecule has 1 aliphatic carbocycles. The quantitative estimate of drug-likeness (QED) is 0.549. The Bertz CT molecular complexity index is 805. The molecule has 2 heterocycles. The number of nitrogen functional groups attached to an aromatic ring is 1. The summed E-state index contributed by atoms with van der Waals surface area (Å²) >= 11 is 2.30. The second-order valence-corrected chi connectivity index (χ2v) is 6.36. The number of rotatable bonds is 2. The van der Waals surface area contributed by atoms with Gasteiger partial charge in [0.15, 0.2) is 5.65 Å². The molecular weight excluding hydrogens is 363 g/mol. The van der Waals surface area contributed by atoms with Gasteiger partial charge in [0, 0.05) is 27.1 Å². The van der Waals surface area contributed by atoms with E-state index in [-0.39, 0.29) is 0 Å². The fraction of sp³-hybridized carbons (Fsp3) is 0.200. The first-order chi connectivity index (χ1) is 9.74. The number of hydrogen-bond acceptors (Lipinski definition) is 3. The molecule has 20 heavy (non-hydrogen) atoms. The van der Waals surface area contributed by atoms with E-state index in [1.165, 1.54) is 12.8 Å². The summed E-state index contributed by atoms with van der Waals surface area (Å²) in [4.78, 5) is 9.26. The minimum atomic E-state index is 0.516. The number of pyridine rings is 1. The third-order valence-corrected chi connectivity index (χ3v) is 4.29. The van der Waals surface area contributed by atoms with Crippen LogP contribution in [0.3, 0.4) is 0 Å². The van der Waals surface area contributed by atoms with E-state index in [0.717, 1.165) is 31.8 Å². The second kappa shape index (κ2) is 4.44. The van der Waals surface area contributed by atoms with Crippen LogP contribution in [0.5, 0.6) is 0 Å². The van der Waals surface area contributed by atoms with E-state index in [0.29, 0.717) is 6.04 Å². The van der Waals surface area contributed by atoms with Gasteiger partial charge in [0.2, 0.25) is 0 Å². The van der Waals surface area contributed by atoms with Gasteiger partial charge in [0.25, 0.3) is 0 Å². The Hall–Kier alpha value is -1.63. The smallest absolute Gasteiger partial charge is 0.160 e. The molecule has 4 rings (SSSR count). The molecule has 0 radical (unpaired) electrons. The maximum absolute atomic E-state index is 6.16. The van der Waals surface area contributed by atoms with Crippen LogP contribution in [0.25, 0.3) is 22.6 Å². The van der Waals surface area contributed by atoms with Crippen LogP contribution in [0.1, 0.15) is 18.9 Å². The lowest BCUT2D eigenvalue weighted by Gasteiger charge is -2.09. The molecule has 0 spiro atoms. The first kappa shape index (κ1) is 12.1. The van der Waals surface area contributed by atoms with Gasteiger partial charge in [-0.3, -0.25) is 0 Å². The number of nitrogens with two attached hydrogens (primary N) is 1. The van der Waals surface area contributed by atoms with Crippen molar-refractivity contribution in [3.63, 3.8) is 0 Å². The maximum atomic E-state index is 6.16. The molecule has 5 heteroatoms. The van der Waals surface area contributed by atoms with Crippen LogP contribution >= 0.6 is 22.6 Å². The third-order valence-electron chi connectivity index (χ3n) is 3.62. The Balaban J connectivity index is 2.03. The average Bonchev–Trinajstić information content (AvgIpc) is 3.21. The molecule has 2 aromatic heterocycles. The molecule has 0 atom stereocenters. The van der Waals surface area contributed by atoms with Crippen LogP contribution in [0, 0.1) is 3.57 Å². The second-order valence-electron chi connectivity index (χ2n) is 5.11. The summed E-state index contributed by atoms with van der Waals surface area (Å²) < 4.78 is 3.41. The highest BCUT2D eigenvalue weighted by Gasteiger charge is 2.29. The molecule has 0 aliphatic heterocycles. The Kier molecular flexibility index (Phi) is 2.70. The first-order valence-electron chi connectivity index (χ1n) is 6.62. The zero-order valence-corrected chi connectivity index (χ0v) is 12.9. The Morgan fingerprint density at radius 2 is 2.10 bits per heavy atom. The normalized spacial score (nSPS) is 14.8. The predicted octanol–water partition coefficient (Wildman–Crippen LogP) is 3.62. The molecule has 2 N–H and O–H groups in total. The van der Waals surface area contributed by atoms with E-state index in [1.807, 2.05) is 30.5 Å². The van der Waals surface area contributed by atoms with E-state index in [9.17, 15) is 0 Å². The van der Waals surface area contributed by atoms with E-state index in [2.05, 4.69) is 38.2 Å². The zero-order chi connectivity index (χ0) is 13.7. The predicted molar refractivity (Wildman–Crippen MR) is 88.4 cm³/mol. The fourth-order valence-corrected chi connectivity index (χ4v) is 3.01. The number of fused-ring (bicyclic) bond motifs is 1. The van der Waals surface area contributed by atoms with Crippen molar-refractivity contribution in [2.45, 2.75) is 18.9 Å². The van der Waals surface area contributed by atoms with Crippen molar-refractivity contribution in [1.29, 1.82) is 0 Å². The molecular formula is C15H13IN4. The maximum Gasteiger partial charge on any atom is 0.160 e. The minimum Gasteiger partial charge on any atom is -0.398 e. The van der Waals surface area contributed by atoms with Crippen molar-refractivity contribution in [3.05, 3.63) is 40.1 Å². The number of halogens is 1. The van der Waals surface area contributed by atoms with E-state index >= 15 is 0 Å². The minimum absolute atomic E-state index is 0.516.